The zero-order chi connectivity index (χ0) is 25.9. The molecule has 0 unspecified atom stereocenters. The lowest BCUT2D eigenvalue weighted by molar-refractivity contribution is 0.102. The summed E-state index contributed by atoms with van der Waals surface area (Å²) in [6.45, 7) is 2.98. The maximum absolute atomic E-state index is 12.7. The van der Waals surface area contributed by atoms with Crippen molar-refractivity contribution in [3.05, 3.63) is 114 Å². The van der Waals surface area contributed by atoms with Gasteiger partial charge in [-0.05, 0) is 61.3 Å². The predicted molar refractivity (Wildman–Crippen MR) is 151 cm³/mol. The first-order chi connectivity index (χ1) is 18.7. The van der Waals surface area contributed by atoms with E-state index >= 15 is 0 Å². The fourth-order valence-electron chi connectivity index (χ4n) is 5.33. The zero-order valence-electron chi connectivity index (χ0n) is 21.1. The summed E-state index contributed by atoms with van der Waals surface area (Å²) in [5.74, 6) is 1.66. The second kappa shape index (κ2) is 10.5. The summed E-state index contributed by atoms with van der Waals surface area (Å²) in [4.78, 5) is 24.6. The Morgan fingerprint density at radius 1 is 0.974 bits per heavy atom. The Morgan fingerprint density at radius 3 is 2.58 bits per heavy atom. The van der Waals surface area contributed by atoms with Gasteiger partial charge in [-0.1, -0.05) is 48.5 Å². The molecular formula is C31H30N6O. The van der Waals surface area contributed by atoms with Gasteiger partial charge >= 0.3 is 0 Å². The molecule has 7 nitrogen and oxygen atoms in total. The summed E-state index contributed by atoms with van der Waals surface area (Å²) in [7, 11) is 0. The van der Waals surface area contributed by atoms with Gasteiger partial charge in [-0.15, -0.1) is 0 Å². The number of pyridine rings is 2. The molecule has 1 aliphatic heterocycles. The Morgan fingerprint density at radius 2 is 1.79 bits per heavy atom. The van der Waals surface area contributed by atoms with Crippen LogP contribution in [0.25, 0.3) is 16.8 Å². The molecule has 7 heteroatoms. The molecule has 4 heterocycles. The van der Waals surface area contributed by atoms with Crippen LogP contribution in [0.3, 0.4) is 0 Å². The van der Waals surface area contributed by atoms with Crippen LogP contribution in [0, 0.1) is 0 Å². The summed E-state index contributed by atoms with van der Waals surface area (Å²) in [6, 6.07) is 27.5. The smallest absolute Gasteiger partial charge is 0.256 e. The molecule has 0 spiro atoms. The Balaban J connectivity index is 1.28. The molecule has 1 atom stereocenters. The van der Waals surface area contributed by atoms with E-state index < -0.39 is 0 Å². The van der Waals surface area contributed by atoms with Crippen molar-refractivity contribution in [2.75, 3.05) is 24.1 Å². The van der Waals surface area contributed by atoms with E-state index in [-0.39, 0.29) is 5.91 Å². The lowest BCUT2D eigenvalue weighted by Crippen LogP contribution is -2.34. The Hall–Kier alpha value is -4.49. The highest BCUT2D eigenvalue weighted by molar-refractivity contribution is 6.04. The molecule has 3 aromatic heterocycles. The van der Waals surface area contributed by atoms with E-state index in [1.54, 1.807) is 12.3 Å². The second-order valence-corrected chi connectivity index (χ2v) is 9.81. The standard InChI is InChI=1S/C31H30N6O/c32-26-11-7-19-37-29(26)28(23-13-15-24(16-14-23)31(38)34-27-12-4-5-17-33-27)35-30(37)25-10-6-18-36(21-25)20-22-8-2-1-3-9-22/h1-5,7-9,11-17,19,25H,6,10,18,20-21,32H2,(H,33,34,38)/t25-/m1/s1. The first kappa shape index (κ1) is 23.9. The number of rotatable bonds is 6. The predicted octanol–water partition coefficient (Wildman–Crippen LogP) is 5.61. The normalized spacial score (nSPS) is 15.9. The van der Waals surface area contributed by atoms with E-state index in [0.29, 0.717) is 23.0 Å². The average Bonchev–Trinajstić information content (AvgIpc) is 3.35. The first-order valence-corrected chi connectivity index (χ1v) is 13.0. The summed E-state index contributed by atoms with van der Waals surface area (Å²) in [6.07, 6.45) is 5.93. The third-order valence-corrected chi connectivity index (χ3v) is 7.17. The van der Waals surface area contributed by atoms with Gasteiger partial charge in [0.2, 0.25) is 0 Å². The highest BCUT2D eigenvalue weighted by atomic mass is 16.1. The fourth-order valence-corrected chi connectivity index (χ4v) is 5.33. The van der Waals surface area contributed by atoms with Crippen molar-refractivity contribution in [3.63, 3.8) is 0 Å². The fraction of sp³-hybridized carbons (Fsp3) is 0.194. The average molecular weight is 503 g/mol. The van der Waals surface area contributed by atoms with Crippen LogP contribution in [-0.4, -0.2) is 38.3 Å². The van der Waals surface area contributed by atoms with Crippen LogP contribution in [0.2, 0.25) is 0 Å². The Labute approximate surface area is 222 Å². The van der Waals surface area contributed by atoms with Crippen LogP contribution in [0.15, 0.2) is 97.3 Å². The van der Waals surface area contributed by atoms with Crippen molar-refractivity contribution in [2.45, 2.75) is 25.3 Å². The third kappa shape index (κ3) is 4.88. The number of carbonyl (C=O) groups is 1. The lowest BCUT2D eigenvalue weighted by atomic mass is 9.96. The number of likely N-dealkylation sites (tertiary alicyclic amines) is 1. The topological polar surface area (TPSA) is 88.5 Å². The lowest BCUT2D eigenvalue weighted by Gasteiger charge is -2.32. The molecule has 0 bridgehead atoms. The van der Waals surface area contributed by atoms with E-state index in [4.69, 9.17) is 10.7 Å². The van der Waals surface area contributed by atoms with Crippen molar-refractivity contribution in [3.8, 4) is 11.3 Å². The highest BCUT2D eigenvalue weighted by Crippen LogP contribution is 2.34. The van der Waals surface area contributed by atoms with Gasteiger partial charge in [0.05, 0.1) is 16.9 Å². The number of hydrogen-bond acceptors (Lipinski definition) is 5. The molecule has 6 rings (SSSR count). The summed E-state index contributed by atoms with van der Waals surface area (Å²) in [5, 5.41) is 2.83. The number of amides is 1. The van der Waals surface area contributed by atoms with Crippen LogP contribution >= 0.6 is 0 Å². The Kier molecular flexibility index (Phi) is 6.58. The number of nitrogens with one attached hydrogen (secondary N) is 1. The van der Waals surface area contributed by atoms with E-state index in [1.165, 1.54) is 5.56 Å². The van der Waals surface area contributed by atoms with E-state index in [0.717, 1.165) is 55.1 Å². The molecule has 3 N–H and O–H groups in total. The minimum absolute atomic E-state index is 0.203. The van der Waals surface area contributed by atoms with Crippen LogP contribution in [0.4, 0.5) is 11.5 Å². The number of benzene rings is 2. The molecule has 5 aromatic rings. The largest absolute Gasteiger partial charge is 0.397 e. The van der Waals surface area contributed by atoms with Gasteiger partial charge in [-0.3, -0.25) is 9.69 Å². The van der Waals surface area contributed by atoms with Crippen molar-refractivity contribution in [1.29, 1.82) is 0 Å². The molecule has 190 valence electrons. The van der Waals surface area contributed by atoms with Crippen LogP contribution in [-0.2, 0) is 6.54 Å². The molecule has 1 saturated heterocycles. The summed E-state index contributed by atoms with van der Waals surface area (Å²) >= 11 is 0. The van der Waals surface area contributed by atoms with Gasteiger partial charge in [0, 0.05) is 42.5 Å². The van der Waals surface area contributed by atoms with Gasteiger partial charge < -0.3 is 15.5 Å². The van der Waals surface area contributed by atoms with Crippen LogP contribution in [0.5, 0.6) is 0 Å². The van der Waals surface area contributed by atoms with Gasteiger partial charge in [0.15, 0.2) is 0 Å². The number of anilines is 2. The number of nitrogen functional groups attached to an aromatic ring is 1. The van der Waals surface area contributed by atoms with Gasteiger partial charge in [0.25, 0.3) is 5.91 Å². The summed E-state index contributed by atoms with van der Waals surface area (Å²) < 4.78 is 2.16. The molecule has 1 fully saturated rings. The molecule has 2 aromatic carbocycles. The number of fused-ring (bicyclic) bond motifs is 1. The molecule has 1 aliphatic rings. The van der Waals surface area contributed by atoms with Crippen molar-refractivity contribution in [1.82, 2.24) is 19.3 Å². The highest BCUT2D eigenvalue weighted by Gasteiger charge is 2.27. The van der Waals surface area contributed by atoms with Crippen LogP contribution < -0.4 is 11.1 Å². The van der Waals surface area contributed by atoms with Crippen molar-refractivity contribution >= 4 is 22.9 Å². The number of piperidine rings is 1. The SMILES string of the molecule is Nc1cccn2c([C@@H]3CCCN(Cc4ccccc4)C3)nc(-c3ccc(C(=O)Nc4ccccn4)cc3)c12. The molecular weight excluding hydrogens is 472 g/mol. The minimum atomic E-state index is -0.203. The monoisotopic (exact) mass is 502 g/mol. The van der Waals surface area contributed by atoms with Gasteiger partial charge in [-0.2, -0.15) is 0 Å². The summed E-state index contributed by atoms with van der Waals surface area (Å²) in [5.41, 5.74) is 11.7. The number of nitrogens with zero attached hydrogens (tertiary/aromatic N) is 4. The molecule has 38 heavy (non-hydrogen) atoms. The van der Waals surface area contributed by atoms with Crippen molar-refractivity contribution < 1.29 is 4.79 Å². The van der Waals surface area contributed by atoms with Gasteiger partial charge in [-0.25, -0.2) is 9.97 Å². The second-order valence-electron chi connectivity index (χ2n) is 9.81. The van der Waals surface area contributed by atoms with Gasteiger partial charge in [0.1, 0.15) is 11.6 Å². The number of imidazole rings is 1. The van der Waals surface area contributed by atoms with Crippen molar-refractivity contribution in [2.24, 2.45) is 0 Å². The van der Waals surface area contributed by atoms with Crippen LogP contribution in [0.1, 0.15) is 40.5 Å². The first-order valence-electron chi connectivity index (χ1n) is 13.0. The zero-order valence-corrected chi connectivity index (χ0v) is 21.1. The quantitative estimate of drug-likeness (QED) is 0.315. The maximum atomic E-state index is 12.7. The minimum Gasteiger partial charge on any atom is -0.397 e. The number of aromatic nitrogens is 3. The number of carbonyl (C=O) groups excluding carboxylic acids is 1. The van der Waals surface area contributed by atoms with E-state index in [1.807, 2.05) is 48.5 Å². The maximum Gasteiger partial charge on any atom is 0.256 e. The molecule has 0 aliphatic carbocycles. The number of hydrogen-bond donors (Lipinski definition) is 2. The Bertz CT molecular complexity index is 1550. The third-order valence-electron chi connectivity index (χ3n) is 7.17. The molecule has 0 radical (unpaired) electrons. The molecule has 0 saturated carbocycles. The number of nitrogens with two attached hydrogens (primary N) is 1. The van der Waals surface area contributed by atoms with E-state index in [2.05, 4.69) is 56.1 Å². The molecule has 1 amide bonds. The van der Waals surface area contributed by atoms with E-state index in [9.17, 15) is 4.79 Å².